The molecule has 1 aromatic rings. The van der Waals surface area contributed by atoms with Crippen molar-refractivity contribution in [1.29, 1.82) is 0 Å². The molecule has 1 aliphatic rings. The Labute approximate surface area is 131 Å². The van der Waals surface area contributed by atoms with E-state index < -0.39 is 12.1 Å². The number of para-hydroxylation sites is 1. The summed E-state index contributed by atoms with van der Waals surface area (Å²) in [4.78, 5) is 23.7. The first-order chi connectivity index (χ1) is 10.5. The average molecular weight is 305 g/mol. The fourth-order valence-corrected chi connectivity index (χ4v) is 2.51. The molecule has 1 N–H and O–H groups in total. The quantitative estimate of drug-likeness (QED) is 0.850. The third-order valence-corrected chi connectivity index (χ3v) is 3.73. The molecule has 0 aliphatic carbocycles. The first-order valence-electron chi connectivity index (χ1n) is 7.66. The van der Waals surface area contributed by atoms with Crippen LogP contribution in [0.15, 0.2) is 18.2 Å². The molecule has 120 valence electrons. The third-order valence-electron chi connectivity index (χ3n) is 3.73. The minimum Gasteiger partial charge on any atom is -0.454 e. The van der Waals surface area contributed by atoms with Crippen LogP contribution in [0.25, 0.3) is 0 Å². The SMILES string of the molecule is Cc1cccc(C(C)C)c1NC(=O)COC(=O)C1CCCO1. The largest absolute Gasteiger partial charge is 0.454 e. The van der Waals surface area contributed by atoms with E-state index >= 15 is 0 Å². The fraction of sp³-hybridized carbons (Fsp3) is 0.529. The summed E-state index contributed by atoms with van der Waals surface area (Å²) in [5.74, 6) is -0.492. The van der Waals surface area contributed by atoms with Crippen molar-refractivity contribution in [2.45, 2.75) is 45.6 Å². The molecule has 1 saturated heterocycles. The fourth-order valence-electron chi connectivity index (χ4n) is 2.51. The summed E-state index contributed by atoms with van der Waals surface area (Å²) in [5.41, 5.74) is 2.86. The number of esters is 1. The maximum absolute atomic E-state index is 12.0. The van der Waals surface area contributed by atoms with E-state index in [0.29, 0.717) is 18.9 Å². The van der Waals surface area contributed by atoms with E-state index in [1.807, 2.05) is 25.1 Å². The van der Waals surface area contributed by atoms with Crippen LogP contribution >= 0.6 is 0 Å². The van der Waals surface area contributed by atoms with Crippen molar-refractivity contribution >= 4 is 17.6 Å². The molecule has 1 aromatic carbocycles. The van der Waals surface area contributed by atoms with E-state index in [2.05, 4.69) is 19.2 Å². The van der Waals surface area contributed by atoms with Crippen LogP contribution in [0.4, 0.5) is 5.69 Å². The predicted molar refractivity (Wildman–Crippen MR) is 83.8 cm³/mol. The zero-order valence-electron chi connectivity index (χ0n) is 13.3. The summed E-state index contributed by atoms with van der Waals surface area (Å²) in [7, 11) is 0. The summed E-state index contributed by atoms with van der Waals surface area (Å²) < 4.78 is 10.3. The Kier molecular flexibility index (Phi) is 5.55. The number of hydrogen-bond acceptors (Lipinski definition) is 4. The van der Waals surface area contributed by atoms with Crippen LogP contribution in [-0.2, 0) is 19.1 Å². The van der Waals surface area contributed by atoms with Crippen molar-refractivity contribution < 1.29 is 19.1 Å². The van der Waals surface area contributed by atoms with Gasteiger partial charge >= 0.3 is 5.97 Å². The predicted octanol–water partition coefficient (Wildman–Crippen LogP) is 2.78. The van der Waals surface area contributed by atoms with E-state index in [0.717, 1.165) is 23.2 Å². The normalized spacial score (nSPS) is 17.5. The molecule has 22 heavy (non-hydrogen) atoms. The van der Waals surface area contributed by atoms with Gasteiger partial charge in [0.25, 0.3) is 5.91 Å². The van der Waals surface area contributed by atoms with Crippen molar-refractivity contribution in [2.24, 2.45) is 0 Å². The lowest BCUT2D eigenvalue weighted by Crippen LogP contribution is -2.27. The molecule has 1 amide bonds. The molecule has 1 fully saturated rings. The highest BCUT2D eigenvalue weighted by atomic mass is 16.6. The highest BCUT2D eigenvalue weighted by molar-refractivity contribution is 5.94. The van der Waals surface area contributed by atoms with Gasteiger partial charge in [-0.2, -0.15) is 0 Å². The number of rotatable bonds is 5. The molecular weight excluding hydrogens is 282 g/mol. The Hall–Kier alpha value is -1.88. The van der Waals surface area contributed by atoms with Crippen LogP contribution in [-0.4, -0.2) is 31.2 Å². The molecule has 0 saturated carbocycles. The topological polar surface area (TPSA) is 64.6 Å². The first kappa shape index (κ1) is 16.5. The highest BCUT2D eigenvalue weighted by Crippen LogP contribution is 2.27. The zero-order chi connectivity index (χ0) is 16.1. The number of benzene rings is 1. The monoisotopic (exact) mass is 305 g/mol. The van der Waals surface area contributed by atoms with Crippen molar-refractivity contribution in [3.8, 4) is 0 Å². The van der Waals surface area contributed by atoms with Gasteiger partial charge in [0.1, 0.15) is 0 Å². The van der Waals surface area contributed by atoms with Gasteiger partial charge in [-0.15, -0.1) is 0 Å². The summed E-state index contributed by atoms with van der Waals surface area (Å²) >= 11 is 0. The molecule has 1 atom stereocenters. The van der Waals surface area contributed by atoms with Crippen LogP contribution in [0.5, 0.6) is 0 Å². The maximum atomic E-state index is 12.0. The average Bonchev–Trinajstić information content (AvgIpc) is 3.01. The summed E-state index contributed by atoms with van der Waals surface area (Å²) in [6.45, 7) is 6.38. The van der Waals surface area contributed by atoms with Gasteiger partial charge in [-0.1, -0.05) is 32.0 Å². The number of carbonyl (C=O) groups excluding carboxylic acids is 2. The van der Waals surface area contributed by atoms with E-state index in [1.54, 1.807) is 0 Å². The Morgan fingerprint density at radius 1 is 1.41 bits per heavy atom. The third kappa shape index (κ3) is 4.07. The van der Waals surface area contributed by atoms with Gasteiger partial charge in [0.2, 0.25) is 0 Å². The minimum absolute atomic E-state index is 0.287. The maximum Gasteiger partial charge on any atom is 0.335 e. The van der Waals surface area contributed by atoms with Gasteiger partial charge in [0, 0.05) is 12.3 Å². The van der Waals surface area contributed by atoms with E-state index in [1.165, 1.54) is 0 Å². The lowest BCUT2D eigenvalue weighted by molar-refractivity contribution is -0.156. The Morgan fingerprint density at radius 2 is 2.18 bits per heavy atom. The van der Waals surface area contributed by atoms with Crippen LogP contribution in [0.2, 0.25) is 0 Å². The lowest BCUT2D eigenvalue weighted by atomic mass is 9.98. The highest BCUT2D eigenvalue weighted by Gasteiger charge is 2.25. The van der Waals surface area contributed by atoms with Crippen LogP contribution in [0, 0.1) is 6.92 Å². The van der Waals surface area contributed by atoms with Crippen molar-refractivity contribution in [3.63, 3.8) is 0 Å². The molecule has 1 unspecified atom stereocenters. The van der Waals surface area contributed by atoms with Crippen molar-refractivity contribution in [3.05, 3.63) is 29.3 Å². The van der Waals surface area contributed by atoms with Crippen molar-refractivity contribution in [2.75, 3.05) is 18.5 Å². The smallest absolute Gasteiger partial charge is 0.335 e. The summed E-state index contributed by atoms with van der Waals surface area (Å²) in [5, 5.41) is 2.85. The van der Waals surface area contributed by atoms with Gasteiger partial charge in [-0.25, -0.2) is 4.79 Å². The second-order valence-electron chi connectivity index (χ2n) is 5.85. The second kappa shape index (κ2) is 7.40. The zero-order valence-corrected chi connectivity index (χ0v) is 13.3. The molecule has 0 radical (unpaired) electrons. The standard InChI is InChI=1S/C17H23NO4/c1-11(2)13-7-4-6-12(3)16(13)18-15(19)10-22-17(20)14-8-5-9-21-14/h4,6-7,11,14H,5,8-10H2,1-3H3,(H,18,19). The molecule has 1 heterocycles. The number of aryl methyl sites for hydroxylation is 1. The lowest BCUT2D eigenvalue weighted by Gasteiger charge is -2.16. The number of hydrogen-bond donors (Lipinski definition) is 1. The number of anilines is 1. The molecule has 1 aliphatic heterocycles. The van der Waals surface area contributed by atoms with Gasteiger partial charge in [0.05, 0.1) is 0 Å². The van der Waals surface area contributed by atoms with Gasteiger partial charge in [0.15, 0.2) is 12.7 Å². The minimum atomic E-state index is -0.516. The Balaban J connectivity index is 1.93. The van der Waals surface area contributed by atoms with E-state index in [9.17, 15) is 9.59 Å². The number of ether oxygens (including phenoxy) is 2. The summed E-state index contributed by atoms with van der Waals surface area (Å²) in [6.07, 6.45) is 1.00. The van der Waals surface area contributed by atoms with E-state index in [4.69, 9.17) is 9.47 Å². The first-order valence-corrected chi connectivity index (χ1v) is 7.66. The molecule has 0 aromatic heterocycles. The van der Waals surface area contributed by atoms with Crippen LogP contribution < -0.4 is 5.32 Å². The van der Waals surface area contributed by atoms with Crippen LogP contribution in [0.3, 0.4) is 0 Å². The molecule has 2 rings (SSSR count). The molecule has 0 bridgehead atoms. The van der Waals surface area contributed by atoms with E-state index in [-0.39, 0.29) is 12.5 Å². The number of amides is 1. The Morgan fingerprint density at radius 3 is 2.82 bits per heavy atom. The van der Waals surface area contributed by atoms with Gasteiger partial charge in [-0.05, 0) is 36.8 Å². The van der Waals surface area contributed by atoms with Crippen LogP contribution in [0.1, 0.15) is 43.7 Å². The van der Waals surface area contributed by atoms with Crippen molar-refractivity contribution in [1.82, 2.24) is 0 Å². The molecular formula is C17H23NO4. The Bertz CT molecular complexity index is 548. The molecule has 5 nitrogen and oxygen atoms in total. The summed E-state index contributed by atoms with van der Waals surface area (Å²) in [6, 6.07) is 5.91. The molecule has 0 spiro atoms. The second-order valence-corrected chi connectivity index (χ2v) is 5.85. The molecule has 5 heteroatoms. The van der Waals surface area contributed by atoms with Gasteiger partial charge in [-0.3, -0.25) is 4.79 Å². The number of nitrogens with one attached hydrogen (secondary N) is 1. The van der Waals surface area contributed by atoms with Gasteiger partial charge < -0.3 is 14.8 Å². The number of carbonyl (C=O) groups is 2.